The summed E-state index contributed by atoms with van der Waals surface area (Å²) in [5, 5.41) is 3.59. The molecule has 0 aromatic heterocycles. The predicted octanol–water partition coefficient (Wildman–Crippen LogP) is 7.48. The molecule has 7 nitrogen and oxygen atoms in total. The molecule has 0 aliphatic heterocycles. The predicted molar refractivity (Wildman–Crippen MR) is 186 cm³/mol. The van der Waals surface area contributed by atoms with Crippen molar-refractivity contribution < 1.29 is 18.0 Å². The maximum absolute atomic E-state index is 14.6. The lowest BCUT2D eigenvalue weighted by Gasteiger charge is -2.34. The molecule has 10 heteroatoms. The molecule has 1 atom stereocenters. The van der Waals surface area contributed by atoms with Crippen molar-refractivity contribution in [3.05, 3.63) is 130 Å². The number of hydrogen-bond donors (Lipinski definition) is 1. The highest BCUT2D eigenvalue weighted by atomic mass is 35.5. The van der Waals surface area contributed by atoms with Crippen LogP contribution in [0.3, 0.4) is 0 Å². The zero-order chi connectivity index (χ0) is 33.4. The quantitative estimate of drug-likeness (QED) is 0.159. The Morgan fingerprint density at radius 1 is 0.761 bits per heavy atom. The fraction of sp³-hybridized carbons (Fsp3) is 0.278. The van der Waals surface area contributed by atoms with Crippen LogP contribution in [-0.2, 0) is 32.6 Å². The summed E-state index contributed by atoms with van der Waals surface area (Å²) in [6, 6.07) is 28.2. The minimum absolute atomic E-state index is 0.0369. The highest BCUT2D eigenvalue weighted by molar-refractivity contribution is 7.92. The molecule has 0 spiro atoms. The number of nitrogens with zero attached hydrogens (tertiary/aromatic N) is 2. The first-order chi connectivity index (χ1) is 21.9. The van der Waals surface area contributed by atoms with Crippen molar-refractivity contribution in [3.63, 3.8) is 0 Å². The molecular formula is C36H39Cl2N3O4S. The van der Waals surface area contributed by atoms with E-state index in [1.807, 2.05) is 70.2 Å². The number of anilines is 1. The van der Waals surface area contributed by atoms with E-state index in [-0.39, 0.29) is 35.7 Å². The second-order valence-corrected chi connectivity index (χ2v) is 14.3. The molecule has 0 heterocycles. The van der Waals surface area contributed by atoms with Crippen LogP contribution < -0.4 is 9.62 Å². The van der Waals surface area contributed by atoms with Gasteiger partial charge in [-0.3, -0.25) is 13.9 Å². The molecule has 0 fully saturated rings. The molecule has 1 N–H and O–H groups in total. The van der Waals surface area contributed by atoms with Crippen LogP contribution in [0.25, 0.3) is 0 Å². The van der Waals surface area contributed by atoms with Crippen molar-refractivity contribution >= 4 is 50.7 Å². The van der Waals surface area contributed by atoms with Crippen molar-refractivity contribution in [1.29, 1.82) is 0 Å². The Morgan fingerprint density at radius 3 is 1.87 bits per heavy atom. The van der Waals surface area contributed by atoms with Gasteiger partial charge in [-0.05, 0) is 67.3 Å². The van der Waals surface area contributed by atoms with Crippen molar-refractivity contribution in [3.8, 4) is 0 Å². The van der Waals surface area contributed by atoms with Crippen LogP contribution >= 0.6 is 23.2 Å². The van der Waals surface area contributed by atoms with Gasteiger partial charge in [-0.25, -0.2) is 8.42 Å². The zero-order valence-electron chi connectivity index (χ0n) is 26.4. The summed E-state index contributed by atoms with van der Waals surface area (Å²) in [5.74, 6) is -0.749. The van der Waals surface area contributed by atoms with Gasteiger partial charge in [-0.15, -0.1) is 0 Å². The van der Waals surface area contributed by atoms with Crippen LogP contribution in [-0.4, -0.2) is 43.8 Å². The highest BCUT2D eigenvalue weighted by Gasteiger charge is 2.35. The lowest BCUT2D eigenvalue weighted by Crippen LogP contribution is -2.54. The summed E-state index contributed by atoms with van der Waals surface area (Å²) in [4.78, 5) is 29.8. The Hall–Kier alpha value is -3.85. The lowest BCUT2D eigenvalue weighted by molar-refractivity contribution is -0.140. The van der Waals surface area contributed by atoms with Gasteiger partial charge in [0.2, 0.25) is 11.8 Å². The fourth-order valence-electron chi connectivity index (χ4n) is 5.06. The molecule has 4 rings (SSSR count). The van der Waals surface area contributed by atoms with E-state index in [9.17, 15) is 18.0 Å². The standard InChI is InChI=1S/C36H39Cl2N3O4S/c1-25(2)28-18-20-29(21-19-28)41(46(44,45)30-14-9-6-10-15-30)24-35(42)40(23-31-32(37)16-11-17-33(31)38)34(36(43)39-26(3)4)22-27-12-7-5-8-13-27/h5-21,25-26,34H,22-24H2,1-4H3,(H,39,43)/t34-/m1/s1. The molecule has 0 saturated carbocycles. The summed E-state index contributed by atoms with van der Waals surface area (Å²) in [6.07, 6.45) is 0.182. The smallest absolute Gasteiger partial charge is 0.264 e. The zero-order valence-corrected chi connectivity index (χ0v) is 28.7. The molecular weight excluding hydrogens is 641 g/mol. The van der Waals surface area contributed by atoms with Crippen LogP contribution in [0.4, 0.5) is 5.69 Å². The second kappa shape index (κ2) is 15.6. The molecule has 0 aliphatic rings. The van der Waals surface area contributed by atoms with Crippen LogP contribution in [0.2, 0.25) is 10.0 Å². The average molecular weight is 681 g/mol. The molecule has 0 radical (unpaired) electrons. The first-order valence-electron chi connectivity index (χ1n) is 15.1. The summed E-state index contributed by atoms with van der Waals surface area (Å²) in [7, 11) is -4.20. The lowest BCUT2D eigenvalue weighted by atomic mass is 10.0. The average Bonchev–Trinajstić information content (AvgIpc) is 3.03. The van der Waals surface area contributed by atoms with Crippen molar-refractivity contribution in [2.24, 2.45) is 0 Å². The third kappa shape index (κ3) is 8.69. The molecule has 0 bridgehead atoms. The van der Waals surface area contributed by atoms with E-state index in [1.165, 1.54) is 17.0 Å². The number of rotatable bonds is 13. The van der Waals surface area contributed by atoms with E-state index in [0.29, 0.717) is 21.3 Å². The van der Waals surface area contributed by atoms with Gasteiger partial charge in [0.1, 0.15) is 12.6 Å². The van der Waals surface area contributed by atoms with Gasteiger partial charge in [0.25, 0.3) is 10.0 Å². The van der Waals surface area contributed by atoms with Crippen LogP contribution in [0.1, 0.15) is 50.3 Å². The Kier molecular flexibility index (Phi) is 11.9. The largest absolute Gasteiger partial charge is 0.352 e. The molecule has 4 aromatic rings. The minimum Gasteiger partial charge on any atom is -0.352 e. The maximum Gasteiger partial charge on any atom is 0.264 e. The topological polar surface area (TPSA) is 86.8 Å². The normalized spacial score (nSPS) is 12.2. The monoisotopic (exact) mass is 679 g/mol. The van der Waals surface area contributed by atoms with Gasteiger partial charge < -0.3 is 10.2 Å². The van der Waals surface area contributed by atoms with Gasteiger partial charge in [0, 0.05) is 34.6 Å². The first kappa shape index (κ1) is 35.0. The summed E-state index contributed by atoms with van der Waals surface area (Å²) < 4.78 is 29.4. The Balaban J connectivity index is 1.84. The summed E-state index contributed by atoms with van der Waals surface area (Å²) in [6.45, 7) is 7.08. The van der Waals surface area contributed by atoms with Gasteiger partial charge in [-0.1, -0.05) is 104 Å². The summed E-state index contributed by atoms with van der Waals surface area (Å²) >= 11 is 13.1. The first-order valence-corrected chi connectivity index (χ1v) is 17.3. The van der Waals surface area contributed by atoms with E-state index in [1.54, 1.807) is 48.5 Å². The fourth-order valence-corrected chi connectivity index (χ4v) is 7.01. The number of nitrogens with one attached hydrogen (secondary N) is 1. The number of benzene rings is 4. The minimum atomic E-state index is -4.20. The number of halogens is 2. The number of sulfonamides is 1. The van der Waals surface area contributed by atoms with Crippen LogP contribution in [0.5, 0.6) is 0 Å². The van der Waals surface area contributed by atoms with Crippen LogP contribution in [0, 0.1) is 0 Å². The Bertz CT molecular complexity index is 1710. The van der Waals surface area contributed by atoms with Gasteiger partial charge >= 0.3 is 0 Å². The molecule has 46 heavy (non-hydrogen) atoms. The van der Waals surface area contributed by atoms with Gasteiger partial charge in [-0.2, -0.15) is 0 Å². The van der Waals surface area contributed by atoms with E-state index in [0.717, 1.165) is 15.4 Å². The van der Waals surface area contributed by atoms with Gasteiger partial charge in [0.05, 0.1) is 10.6 Å². The number of hydrogen-bond acceptors (Lipinski definition) is 4. The molecule has 242 valence electrons. The SMILES string of the molecule is CC(C)NC(=O)[C@@H](Cc1ccccc1)N(Cc1c(Cl)cccc1Cl)C(=O)CN(c1ccc(C(C)C)cc1)S(=O)(=O)c1ccccc1. The van der Waals surface area contributed by atoms with Crippen molar-refractivity contribution in [2.75, 3.05) is 10.8 Å². The molecule has 0 unspecified atom stereocenters. The van der Waals surface area contributed by atoms with E-state index in [2.05, 4.69) is 5.32 Å². The third-order valence-electron chi connectivity index (χ3n) is 7.55. The van der Waals surface area contributed by atoms with Crippen molar-refractivity contribution in [1.82, 2.24) is 10.2 Å². The molecule has 2 amide bonds. The van der Waals surface area contributed by atoms with Gasteiger partial charge in [0.15, 0.2) is 0 Å². The number of amides is 2. The third-order valence-corrected chi connectivity index (χ3v) is 10.0. The van der Waals surface area contributed by atoms with Crippen molar-refractivity contribution in [2.45, 2.75) is 63.6 Å². The molecule has 4 aromatic carbocycles. The van der Waals surface area contributed by atoms with E-state index >= 15 is 0 Å². The van der Waals surface area contributed by atoms with E-state index < -0.39 is 28.5 Å². The number of carbonyl (C=O) groups excluding carboxylic acids is 2. The Morgan fingerprint density at radius 2 is 1.33 bits per heavy atom. The molecule has 0 saturated heterocycles. The van der Waals surface area contributed by atoms with E-state index in [4.69, 9.17) is 23.2 Å². The second-order valence-electron chi connectivity index (χ2n) is 11.7. The number of carbonyl (C=O) groups is 2. The highest BCUT2D eigenvalue weighted by Crippen LogP contribution is 2.29. The maximum atomic E-state index is 14.6. The van der Waals surface area contributed by atoms with Crippen LogP contribution in [0.15, 0.2) is 108 Å². The molecule has 0 aliphatic carbocycles. The Labute approximate surface area is 282 Å². The summed E-state index contributed by atoms with van der Waals surface area (Å²) in [5.41, 5.74) is 2.62.